The summed E-state index contributed by atoms with van der Waals surface area (Å²) in [6.45, 7) is 1.98. The predicted molar refractivity (Wildman–Crippen MR) is 60.4 cm³/mol. The summed E-state index contributed by atoms with van der Waals surface area (Å²) in [5.41, 5.74) is 0.918. The van der Waals surface area contributed by atoms with Gasteiger partial charge in [0.25, 0.3) is 5.91 Å². The van der Waals surface area contributed by atoms with E-state index in [4.69, 9.17) is 0 Å². The van der Waals surface area contributed by atoms with Crippen molar-refractivity contribution in [3.63, 3.8) is 0 Å². The monoisotopic (exact) mass is 232 g/mol. The Labute approximate surface area is 97.7 Å². The lowest BCUT2D eigenvalue weighted by molar-refractivity contribution is 0.0947. The molecule has 1 amide bonds. The highest BCUT2D eigenvalue weighted by atomic mass is 16.3. The fourth-order valence-corrected chi connectivity index (χ4v) is 1.42. The summed E-state index contributed by atoms with van der Waals surface area (Å²) in [5.74, 6) is 0.218. The highest BCUT2D eigenvalue weighted by Crippen LogP contribution is 2.20. The second-order valence-corrected chi connectivity index (χ2v) is 3.59. The van der Waals surface area contributed by atoms with E-state index in [9.17, 15) is 9.90 Å². The van der Waals surface area contributed by atoms with Crippen LogP contribution in [-0.2, 0) is 6.54 Å². The van der Waals surface area contributed by atoms with Gasteiger partial charge < -0.3 is 10.4 Å². The normalized spacial score (nSPS) is 10.2. The molecule has 2 rings (SSSR count). The third-order valence-corrected chi connectivity index (χ3v) is 2.36. The van der Waals surface area contributed by atoms with Crippen molar-refractivity contribution in [2.24, 2.45) is 0 Å². The molecule has 6 nitrogen and oxygen atoms in total. The van der Waals surface area contributed by atoms with Crippen LogP contribution in [0.5, 0.6) is 5.75 Å². The number of phenolic OH excluding ortho intramolecular Hbond substituents is 1. The van der Waals surface area contributed by atoms with Crippen LogP contribution in [0.25, 0.3) is 0 Å². The molecule has 0 saturated heterocycles. The zero-order valence-corrected chi connectivity index (χ0v) is 9.27. The highest BCUT2D eigenvalue weighted by molar-refractivity contribution is 5.97. The maximum Gasteiger partial charge on any atom is 0.255 e. The summed E-state index contributed by atoms with van der Waals surface area (Å²) in [5, 5.41) is 18.7. The van der Waals surface area contributed by atoms with Crippen LogP contribution in [0.1, 0.15) is 21.7 Å². The van der Waals surface area contributed by atoms with E-state index >= 15 is 0 Å². The Morgan fingerprint density at radius 2 is 2.35 bits per heavy atom. The lowest BCUT2D eigenvalue weighted by atomic mass is 10.1. The van der Waals surface area contributed by atoms with Gasteiger partial charge in [-0.25, -0.2) is 4.98 Å². The fourth-order valence-electron chi connectivity index (χ4n) is 1.42. The first kappa shape index (κ1) is 11.1. The first-order chi connectivity index (χ1) is 8.18. The Balaban J connectivity index is 2.07. The van der Waals surface area contributed by atoms with E-state index in [1.807, 2.05) is 0 Å². The topological polar surface area (TPSA) is 90.9 Å². The molecule has 0 fully saturated rings. The van der Waals surface area contributed by atoms with Crippen LogP contribution in [0.15, 0.2) is 24.5 Å². The van der Waals surface area contributed by atoms with Crippen molar-refractivity contribution >= 4 is 5.91 Å². The first-order valence-electron chi connectivity index (χ1n) is 5.09. The number of amides is 1. The molecule has 1 aromatic heterocycles. The molecule has 17 heavy (non-hydrogen) atoms. The largest absolute Gasteiger partial charge is 0.507 e. The summed E-state index contributed by atoms with van der Waals surface area (Å²) in [4.78, 5) is 15.7. The maximum atomic E-state index is 11.8. The van der Waals surface area contributed by atoms with Crippen molar-refractivity contribution in [1.82, 2.24) is 20.5 Å². The Hall–Kier alpha value is -2.37. The molecule has 1 aromatic carbocycles. The molecule has 0 aliphatic carbocycles. The smallest absolute Gasteiger partial charge is 0.255 e. The van der Waals surface area contributed by atoms with E-state index in [2.05, 4.69) is 20.5 Å². The summed E-state index contributed by atoms with van der Waals surface area (Å²) < 4.78 is 0. The van der Waals surface area contributed by atoms with Crippen molar-refractivity contribution in [3.05, 3.63) is 41.5 Å². The van der Waals surface area contributed by atoms with E-state index in [-0.39, 0.29) is 23.8 Å². The minimum atomic E-state index is -0.345. The molecular weight excluding hydrogens is 220 g/mol. The van der Waals surface area contributed by atoms with Crippen molar-refractivity contribution < 1.29 is 9.90 Å². The molecule has 0 saturated carbocycles. The SMILES string of the molecule is Cc1cccc(C(=O)NCc2ncn[nH]2)c1O. The zero-order valence-electron chi connectivity index (χ0n) is 9.27. The molecule has 0 spiro atoms. The van der Waals surface area contributed by atoms with Gasteiger partial charge in [0, 0.05) is 0 Å². The molecule has 6 heteroatoms. The first-order valence-corrected chi connectivity index (χ1v) is 5.09. The van der Waals surface area contributed by atoms with E-state index in [1.165, 1.54) is 6.33 Å². The van der Waals surface area contributed by atoms with Gasteiger partial charge in [0.15, 0.2) is 0 Å². The van der Waals surface area contributed by atoms with Gasteiger partial charge in [-0.2, -0.15) is 5.10 Å². The number of aromatic hydroxyl groups is 1. The van der Waals surface area contributed by atoms with E-state index < -0.39 is 0 Å². The number of para-hydroxylation sites is 1. The number of aromatic amines is 1. The Morgan fingerprint density at radius 3 is 3.06 bits per heavy atom. The van der Waals surface area contributed by atoms with E-state index in [1.54, 1.807) is 25.1 Å². The van der Waals surface area contributed by atoms with Crippen molar-refractivity contribution in [2.45, 2.75) is 13.5 Å². The van der Waals surface area contributed by atoms with Gasteiger partial charge >= 0.3 is 0 Å². The van der Waals surface area contributed by atoms with Gasteiger partial charge in [-0.3, -0.25) is 9.89 Å². The third-order valence-electron chi connectivity index (χ3n) is 2.36. The number of rotatable bonds is 3. The average molecular weight is 232 g/mol. The van der Waals surface area contributed by atoms with Gasteiger partial charge in [-0.15, -0.1) is 0 Å². The van der Waals surface area contributed by atoms with Crippen molar-refractivity contribution in [3.8, 4) is 5.75 Å². The molecule has 0 aliphatic rings. The molecule has 0 unspecified atom stereocenters. The van der Waals surface area contributed by atoms with Gasteiger partial charge in [-0.1, -0.05) is 12.1 Å². The second-order valence-electron chi connectivity index (χ2n) is 3.59. The quantitative estimate of drug-likeness (QED) is 0.728. The van der Waals surface area contributed by atoms with Gasteiger partial charge in [-0.05, 0) is 18.6 Å². The average Bonchev–Trinajstić information content (AvgIpc) is 2.82. The summed E-state index contributed by atoms with van der Waals surface area (Å²) in [6, 6.07) is 5.03. The number of aromatic nitrogens is 3. The molecule has 0 atom stereocenters. The number of hydrogen-bond donors (Lipinski definition) is 3. The zero-order chi connectivity index (χ0) is 12.3. The predicted octanol–water partition coefficient (Wildman–Crippen LogP) is 0.749. The van der Waals surface area contributed by atoms with Crippen LogP contribution in [0.4, 0.5) is 0 Å². The number of carbonyl (C=O) groups excluding carboxylic acids is 1. The molecule has 88 valence electrons. The summed E-state index contributed by atoms with van der Waals surface area (Å²) in [7, 11) is 0. The van der Waals surface area contributed by atoms with E-state index in [0.717, 1.165) is 0 Å². The van der Waals surface area contributed by atoms with Crippen LogP contribution in [0.2, 0.25) is 0 Å². The van der Waals surface area contributed by atoms with Gasteiger partial charge in [0.1, 0.15) is 17.9 Å². The minimum Gasteiger partial charge on any atom is -0.507 e. The lowest BCUT2D eigenvalue weighted by Crippen LogP contribution is -2.23. The molecule has 3 N–H and O–H groups in total. The van der Waals surface area contributed by atoms with Crippen LogP contribution in [0, 0.1) is 6.92 Å². The Bertz CT molecular complexity index is 522. The molecule has 0 radical (unpaired) electrons. The Kier molecular flexibility index (Phi) is 3.04. The number of nitrogens with zero attached hydrogens (tertiary/aromatic N) is 2. The molecule has 1 heterocycles. The lowest BCUT2D eigenvalue weighted by Gasteiger charge is -2.06. The van der Waals surface area contributed by atoms with Crippen molar-refractivity contribution in [1.29, 1.82) is 0 Å². The number of nitrogens with one attached hydrogen (secondary N) is 2. The third kappa shape index (κ3) is 2.41. The number of phenols is 1. The second kappa shape index (κ2) is 4.65. The number of H-pyrrole nitrogens is 1. The van der Waals surface area contributed by atoms with Crippen LogP contribution >= 0.6 is 0 Å². The number of carbonyl (C=O) groups is 1. The number of aryl methyl sites for hydroxylation is 1. The maximum absolute atomic E-state index is 11.8. The number of benzene rings is 1. The molecule has 2 aromatic rings. The summed E-state index contributed by atoms with van der Waals surface area (Å²) >= 11 is 0. The van der Waals surface area contributed by atoms with E-state index in [0.29, 0.717) is 11.4 Å². The molecular formula is C11H12N4O2. The molecule has 0 aliphatic heterocycles. The van der Waals surface area contributed by atoms with Gasteiger partial charge in [0.2, 0.25) is 0 Å². The highest BCUT2D eigenvalue weighted by Gasteiger charge is 2.12. The standard InChI is InChI=1S/C11H12N4O2/c1-7-3-2-4-8(10(7)16)11(17)12-5-9-13-6-14-15-9/h2-4,6,16H,5H2,1H3,(H,12,17)(H,13,14,15). The van der Waals surface area contributed by atoms with Crippen LogP contribution in [0.3, 0.4) is 0 Å². The minimum absolute atomic E-state index is 0.00238. The van der Waals surface area contributed by atoms with Gasteiger partial charge in [0.05, 0.1) is 12.1 Å². The van der Waals surface area contributed by atoms with Crippen molar-refractivity contribution in [2.75, 3.05) is 0 Å². The number of hydrogen-bond acceptors (Lipinski definition) is 4. The molecule has 0 bridgehead atoms. The summed E-state index contributed by atoms with van der Waals surface area (Å²) in [6.07, 6.45) is 1.37. The Morgan fingerprint density at radius 1 is 1.53 bits per heavy atom. The fraction of sp³-hybridized carbons (Fsp3) is 0.182. The van der Waals surface area contributed by atoms with Crippen LogP contribution in [-0.4, -0.2) is 26.2 Å². The van der Waals surface area contributed by atoms with Crippen LogP contribution < -0.4 is 5.32 Å².